The molecule has 0 unspecified atom stereocenters. The maximum absolute atomic E-state index is 13.2. The summed E-state index contributed by atoms with van der Waals surface area (Å²) in [6.45, 7) is 2.15. The van der Waals surface area contributed by atoms with Crippen molar-refractivity contribution in [3.8, 4) is 5.75 Å². The highest BCUT2D eigenvalue weighted by molar-refractivity contribution is 9.10. The van der Waals surface area contributed by atoms with E-state index in [9.17, 15) is 8.42 Å². The molecule has 0 aliphatic carbocycles. The van der Waals surface area contributed by atoms with Crippen LogP contribution in [0.2, 0.25) is 5.02 Å². The summed E-state index contributed by atoms with van der Waals surface area (Å²) in [5, 5.41) is 0.964. The van der Waals surface area contributed by atoms with Gasteiger partial charge in [-0.25, -0.2) is 0 Å². The lowest BCUT2D eigenvalue weighted by molar-refractivity contribution is 0.331. The molecule has 3 aromatic rings. The van der Waals surface area contributed by atoms with Crippen molar-refractivity contribution in [3.63, 3.8) is 0 Å². The van der Waals surface area contributed by atoms with E-state index in [1.165, 1.54) is 17.8 Å². The van der Waals surface area contributed by atoms with Gasteiger partial charge in [-0.1, -0.05) is 69.6 Å². The predicted octanol–water partition coefficient (Wildman–Crippen LogP) is 6.43. The van der Waals surface area contributed by atoms with Gasteiger partial charge in [-0.3, -0.25) is 0 Å². The highest BCUT2D eigenvalue weighted by Gasteiger charge is 2.22. The first-order chi connectivity index (χ1) is 13.9. The van der Waals surface area contributed by atoms with Crippen LogP contribution in [0.25, 0.3) is 0 Å². The SMILES string of the molecule is CCOc1ccc(Br)cc1S(=O)(=O)/N=C(\Sc1ccc(Cl)cc1)c1ccccc1. The summed E-state index contributed by atoms with van der Waals surface area (Å²) in [5.74, 6) is 0.267. The first-order valence-corrected chi connectivity index (χ1v) is 12.1. The fourth-order valence-electron chi connectivity index (χ4n) is 2.44. The smallest absolute Gasteiger partial charge is 0.287 e. The lowest BCUT2D eigenvalue weighted by Gasteiger charge is -2.11. The van der Waals surface area contributed by atoms with Crippen molar-refractivity contribution in [3.05, 3.63) is 87.9 Å². The Morgan fingerprint density at radius 2 is 1.76 bits per heavy atom. The summed E-state index contributed by atoms with van der Waals surface area (Å²) in [7, 11) is -4.03. The number of ether oxygens (including phenoxy) is 1. The van der Waals surface area contributed by atoms with E-state index in [0.717, 1.165) is 4.90 Å². The molecule has 0 N–H and O–H groups in total. The first kappa shape index (κ1) is 21.9. The molecule has 3 rings (SSSR count). The molecule has 150 valence electrons. The Morgan fingerprint density at radius 1 is 1.07 bits per heavy atom. The molecule has 8 heteroatoms. The van der Waals surface area contributed by atoms with E-state index < -0.39 is 10.0 Å². The largest absolute Gasteiger partial charge is 0.492 e. The van der Waals surface area contributed by atoms with E-state index in [1.807, 2.05) is 42.5 Å². The minimum Gasteiger partial charge on any atom is -0.492 e. The summed E-state index contributed by atoms with van der Waals surface area (Å²) >= 11 is 10.5. The third-order valence-corrected chi connectivity index (χ3v) is 6.92. The predicted molar refractivity (Wildman–Crippen MR) is 123 cm³/mol. The van der Waals surface area contributed by atoms with Crippen molar-refractivity contribution in [2.75, 3.05) is 6.61 Å². The molecule has 3 aromatic carbocycles. The third kappa shape index (κ3) is 5.85. The normalized spacial score (nSPS) is 12.0. The second-order valence-electron chi connectivity index (χ2n) is 5.82. The molecule has 29 heavy (non-hydrogen) atoms. The topological polar surface area (TPSA) is 55.7 Å². The van der Waals surface area contributed by atoms with Crippen LogP contribution in [-0.4, -0.2) is 20.1 Å². The van der Waals surface area contributed by atoms with Gasteiger partial charge in [0, 0.05) is 20.0 Å². The van der Waals surface area contributed by atoms with Crippen LogP contribution in [0, 0.1) is 0 Å². The van der Waals surface area contributed by atoms with Crippen LogP contribution in [0.1, 0.15) is 12.5 Å². The molecular formula is C21H17BrClNO3S2. The van der Waals surface area contributed by atoms with Crippen LogP contribution in [-0.2, 0) is 10.0 Å². The molecule has 0 radical (unpaired) electrons. The van der Waals surface area contributed by atoms with Crippen LogP contribution < -0.4 is 4.74 Å². The average Bonchev–Trinajstić information content (AvgIpc) is 2.71. The Bertz CT molecular complexity index is 1120. The number of hydrogen-bond acceptors (Lipinski definition) is 4. The number of rotatable bonds is 6. The maximum Gasteiger partial charge on any atom is 0.287 e. The van der Waals surface area contributed by atoms with Gasteiger partial charge in [-0.15, -0.1) is 0 Å². The Labute approximate surface area is 188 Å². The van der Waals surface area contributed by atoms with E-state index in [0.29, 0.717) is 26.7 Å². The summed E-state index contributed by atoms with van der Waals surface area (Å²) in [5.41, 5.74) is 0.698. The van der Waals surface area contributed by atoms with Gasteiger partial charge in [0.05, 0.1) is 6.61 Å². The van der Waals surface area contributed by atoms with Gasteiger partial charge < -0.3 is 4.74 Å². The minimum atomic E-state index is -4.03. The van der Waals surface area contributed by atoms with Crippen molar-refractivity contribution in [1.29, 1.82) is 0 Å². The second-order valence-corrected chi connectivity index (χ2v) is 9.80. The molecule has 0 atom stereocenters. The quantitative estimate of drug-likeness (QED) is 0.218. The molecule has 0 aliphatic rings. The first-order valence-electron chi connectivity index (χ1n) is 8.65. The fraction of sp³-hybridized carbons (Fsp3) is 0.0952. The molecule has 0 heterocycles. The number of halogens is 2. The number of benzene rings is 3. The van der Waals surface area contributed by atoms with Crippen molar-refractivity contribution in [1.82, 2.24) is 0 Å². The Balaban J connectivity index is 2.09. The van der Waals surface area contributed by atoms with Gasteiger partial charge >= 0.3 is 0 Å². The van der Waals surface area contributed by atoms with Crippen LogP contribution in [0.5, 0.6) is 5.75 Å². The van der Waals surface area contributed by atoms with Crippen molar-refractivity contribution in [2.45, 2.75) is 16.7 Å². The van der Waals surface area contributed by atoms with Crippen molar-refractivity contribution < 1.29 is 13.2 Å². The van der Waals surface area contributed by atoms with Crippen LogP contribution in [0.3, 0.4) is 0 Å². The van der Waals surface area contributed by atoms with Crippen molar-refractivity contribution >= 4 is 54.4 Å². The van der Waals surface area contributed by atoms with Gasteiger partial charge in [0.15, 0.2) is 0 Å². The lowest BCUT2D eigenvalue weighted by atomic mass is 10.2. The molecular weight excluding hydrogens is 494 g/mol. The molecule has 0 bridgehead atoms. The summed E-state index contributed by atoms with van der Waals surface area (Å²) in [4.78, 5) is 0.838. The van der Waals surface area contributed by atoms with Crippen LogP contribution in [0.4, 0.5) is 0 Å². The van der Waals surface area contributed by atoms with Gasteiger partial charge in [0.1, 0.15) is 15.7 Å². The molecule has 0 saturated carbocycles. The van der Waals surface area contributed by atoms with E-state index in [1.54, 1.807) is 31.2 Å². The zero-order chi connectivity index (χ0) is 20.9. The summed E-state index contributed by atoms with van der Waals surface area (Å²) < 4.78 is 36.7. The van der Waals surface area contributed by atoms with Gasteiger partial charge in [0.2, 0.25) is 0 Å². The third-order valence-electron chi connectivity index (χ3n) is 3.74. The number of sulfonamides is 1. The van der Waals surface area contributed by atoms with E-state index in [-0.39, 0.29) is 10.6 Å². The molecule has 0 aromatic heterocycles. The van der Waals surface area contributed by atoms with Crippen LogP contribution in [0.15, 0.2) is 91.5 Å². The molecule has 0 saturated heterocycles. The lowest BCUT2D eigenvalue weighted by Crippen LogP contribution is -2.06. The highest BCUT2D eigenvalue weighted by Crippen LogP contribution is 2.32. The number of nitrogens with zero attached hydrogens (tertiary/aromatic N) is 1. The molecule has 0 amide bonds. The minimum absolute atomic E-state index is 0.0128. The van der Waals surface area contributed by atoms with Crippen molar-refractivity contribution in [2.24, 2.45) is 4.40 Å². The number of hydrogen-bond donors (Lipinski definition) is 0. The molecule has 0 fully saturated rings. The Hall–Kier alpha value is -1.80. The summed E-state index contributed by atoms with van der Waals surface area (Å²) in [6, 6.07) is 21.2. The second kappa shape index (κ2) is 9.80. The highest BCUT2D eigenvalue weighted by atomic mass is 79.9. The number of thioether (sulfide) groups is 1. The Morgan fingerprint density at radius 3 is 2.41 bits per heavy atom. The fourth-order valence-corrected chi connectivity index (χ4v) is 5.35. The monoisotopic (exact) mass is 509 g/mol. The summed E-state index contributed by atoms with van der Waals surface area (Å²) in [6.07, 6.45) is 0. The van der Waals surface area contributed by atoms with Gasteiger partial charge in [-0.2, -0.15) is 12.8 Å². The van der Waals surface area contributed by atoms with Crippen LogP contribution >= 0.6 is 39.3 Å². The van der Waals surface area contributed by atoms with E-state index >= 15 is 0 Å². The zero-order valence-corrected chi connectivity index (χ0v) is 19.4. The van der Waals surface area contributed by atoms with Gasteiger partial charge in [0.25, 0.3) is 10.0 Å². The van der Waals surface area contributed by atoms with Gasteiger partial charge in [-0.05, 0) is 49.4 Å². The molecule has 0 spiro atoms. The van der Waals surface area contributed by atoms with E-state index in [4.69, 9.17) is 16.3 Å². The van der Waals surface area contributed by atoms with E-state index in [2.05, 4.69) is 20.3 Å². The zero-order valence-electron chi connectivity index (χ0n) is 15.4. The Kier molecular flexibility index (Phi) is 7.40. The molecule has 4 nitrogen and oxygen atoms in total. The standard InChI is InChI=1S/C21H17BrClNO3S2/c1-2-27-19-13-8-16(22)14-20(19)29(25,26)24-21(15-6-4-3-5-7-15)28-18-11-9-17(23)10-12-18/h3-14H,2H2,1H3/b24-21-. The maximum atomic E-state index is 13.2. The average molecular weight is 511 g/mol. The molecule has 0 aliphatic heterocycles.